The van der Waals surface area contributed by atoms with Crippen molar-refractivity contribution in [1.82, 2.24) is 15.0 Å². The van der Waals surface area contributed by atoms with E-state index in [-0.39, 0.29) is 5.91 Å². The molecule has 80 valence electrons. The van der Waals surface area contributed by atoms with Crippen LogP contribution < -0.4 is 5.43 Å². The minimum atomic E-state index is -0.239. The van der Waals surface area contributed by atoms with Crippen molar-refractivity contribution < 1.29 is 4.79 Å². The molecule has 1 N–H and O–H groups in total. The quantitative estimate of drug-likeness (QED) is 0.472. The Labute approximate surface area is 92.4 Å². The van der Waals surface area contributed by atoms with Gasteiger partial charge < -0.3 is 0 Å². The molecule has 1 aromatic carbocycles. The van der Waals surface area contributed by atoms with Crippen molar-refractivity contribution in [2.45, 2.75) is 0 Å². The van der Waals surface area contributed by atoms with Gasteiger partial charge in [0, 0.05) is 18.0 Å². The molecule has 0 aliphatic heterocycles. The molecule has 1 heterocycles. The lowest BCUT2D eigenvalue weighted by molar-refractivity contribution is 0.0955. The molecular formula is C11H10N4O. The first-order valence-corrected chi connectivity index (χ1v) is 4.72. The summed E-state index contributed by atoms with van der Waals surface area (Å²) >= 11 is 0. The molecule has 1 amide bonds. The molecule has 0 spiro atoms. The van der Waals surface area contributed by atoms with E-state index in [0.29, 0.717) is 5.56 Å². The molecular weight excluding hydrogens is 204 g/mol. The van der Waals surface area contributed by atoms with Crippen LogP contribution in [-0.4, -0.2) is 21.8 Å². The van der Waals surface area contributed by atoms with E-state index in [4.69, 9.17) is 0 Å². The Morgan fingerprint density at radius 2 is 2.19 bits per heavy atom. The van der Waals surface area contributed by atoms with Gasteiger partial charge in [-0.3, -0.25) is 9.36 Å². The Balaban J connectivity index is 1.94. The molecule has 0 bridgehead atoms. The minimum Gasteiger partial charge on any atom is -0.295 e. The second kappa shape index (κ2) is 4.88. The molecule has 1 aromatic heterocycles. The summed E-state index contributed by atoms with van der Waals surface area (Å²) in [5.74, 6) is -0.239. The van der Waals surface area contributed by atoms with Gasteiger partial charge in [-0.2, -0.15) is 5.10 Å². The highest BCUT2D eigenvalue weighted by Crippen LogP contribution is 1.97. The summed E-state index contributed by atoms with van der Waals surface area (Å²) in [7, 11) is 0. The second-order valence-electron chi connectivity index (χ2n) is 3.06. The predicted octanol–water partition coefficient (Wildman–Crippen LogP) is 1.10. The van der Waals surface area contributed by atoms with Gasteiger partial charge >= 0.3 is 0 Å². The van der Waals surface area contributed by atoms with Crippen molar-refractivity contribution in [3.8, 4) is 0 Å². The van der Waals surface area contributed by atoms with E-state index >= 15 is 0 Å². The number of rotatable bonds is 3. The van der Waals surface area contributed by atoms with Gasteiger partial charge in [-0.1, -0.05) is 18.2 Å². The maximum atomic E-state index is 11.5. The van der Waals surface area contributed by atoms with Crippen LogP contribution in [0.4, 0.5) is 0 Å². The molecule has 0 radical (unpaired) electrons. The van der Waals surface area contributed by atoms with Gasteiger partial charge in [0.25, 0.3) is 5.91 Å². The van der Waals surface area contributed by atoms with Gasteiger partial charge in [0.05, 0.1) is 6.33 Å². The SMILES string of the molecule is O=C(N/N=C\n1ccnc1)c1ccccc1. The Bertz CT molecular complexity index is 476. The summed E-state index contributed by atoms with van der Waals surface area (Å²) < 4.78 is 1.63. The average Bonchev–Trinajstić information content (AvgIpc) is 2.83. The van der Waals surface area contributed by atoms with Crippen molar-refractivity contribution >= 4 is 12.2 Å². The van der Waals surface area contributed by atoms with Crippen LogP contribution in [0.2, 0.25) is 0 Å². The summed E-state index contributed by atoms with van der Waals surface area (Å²) in [4.78, 5) is 15.4. The molecule has 0 fully saturated rings. The molecule has 0 unspecified atom stereocenters. The van der Waals surface area contributed by atoms with Gasteiger partial charge in [0.2, 0.25) is 0 Å². The lowest BCUT2D eigenvalue weighted by Gasteiger charge is -1.98. The van der Waals surface area contributed by atoms with Crippen LogP contribution in [-0.2, 0) is 0 Å². The number of carbonyl (C=O) groups excluding carboxylic acids is 1. The Morgan fingerprint density at radius 1 is 1.38 bits per heavy atom. The monoisotopic (exact) mass is 214 g/mol. The zero-order valence-corrected chi connectivity index (χ0v) is 8.45. The van der Waals surface area contributed by atoms with Crippen molar-refractivity contribution in [2.75, 3.05) is 0 Å². The normalized spacial score (nSPS) is 10.5. The number of amides is 1. The molecule has 0 saturated carbocycles. The number of nitrogens with zero attached hydrogens (tertiary/aromatic N) is 3. The molecule has 16 heavy (non-hydrogen) atoms. The van der Waals surface area contributed by atoms with Gasteiger partial charge in [-0.05, 0) is 12.1 Å². The van der Waals surface area contributed by atoms with E-state index < -0.39 is 0 Å². The fourth-order valence-electron chi connectivity index (χ4n) is 1.15. The van der Waals surface area contributed by atoms with Crippen LogP contribution in [0.25, 0.3) is 0 Å². The van der Waals surface area contributed by atoms with Crippen molar-refractivity contribution in [3.05, 3.63) is 54.6 Å². The van der Waals surface area contributed by atoms with Gasteiger partial charge in [0.15, 0.2) is 0 Å². The highest BCUT2D eigenvalue weighted by Gasteiger charge is 2.00. The van der Waals surface area contributed by atoms with E-state index in [2.05, 4.69) is 15.5 Å². The van der Waals surface area contributed by atoms with Gasteiger partial charge in [-0.15, -0.1) is 0 Å². The summed E-state index contributed by atoms with van der Waals surface area (Å²) in [6.45, 7) is 0. The molecule has 5 nitrogen and oxygen atoms in total. The Hall–Kier alpha value is -2.43. The van der Waals surface area contributed by atoms with Crippen molar-refractivity contribution in [2.24, 2.45) is 5.10 Å². The Morgan fingerprint density at radius 3 is 2.88 bits per heavy atom. The molecule has 0 saturated heterocycles. The van der Waals surface area contributed by atoms with Gasteiger partial charge in [0.1, 0.15) is 6.34 Å². The third-order valence-electron chi connectivity index (χ3n) is 1.92. The van der Waals surface area contributed by atoms with Crippen LogP contribution in [0, 0.1) is 0 Å². The number of hydrogen-bond acceptors (Lipinski definition) is 3. The number of hydrazone groups is 1. The number of imidazole rings is 1. The first kappa shape index (κ1) is 10.1. The maximum absolute atomic E-state index is 11.5. The van der Waals surface area contributed by atoms with Crippen molar-refractivity contribution in [1.29, 1.82) is 0 Å². The lowest BCUT2D eigenvalue weighted by Crippen LogP contribution is -2.17. The first-order chi connectivity index (χ1) is 7.86. The molecule has 2 aromatic rings. The Kier molecular flexibility index (Phi) is 3.08. The summed E-state index contributed by atoms with van der Waals surface area (Å²) in [5, 5.41) is 3.79. The van der Waals surface area contributed by atoms with E-state index in [9.17, 15) is 4.79 Å². The third kappa shape index (κ3) is 2.54. The van der Waals surface area contributed by atoms with Crippen LogP contribution in [0.5, 0.6) is 0 Å². The summed E-state index contributed by atoms with van der Waals surface area (Å²) in [6.07, 6.45) is 6.40. The number of nitrogens with one attached hydrogen (secondary N) is 1. The fourth-order valence-corrected chi connectivity index (χ4v) is 1.15. The molecule has 5 heteroatoms. The fraction of sp³-hybridized carbons (Fsp3) is 0. The second-order valence-corrected chi connectivity index (χ2v) is 3.06. The van der Waals surface area contributed by atoms with E-state index in [1.54, 1.807) is 47.6 Å². The van der Waals surface area contributed by atoms with Crippen LogP contribution in [0.1, 0.15) is 10.4 Å². The first-order valence-electron chi connectivity index (χ1n) is 4.72. The maximum Gasteiger partial charge on any atom is 0.271 e. The molecule has 0 aliphatic rings. The predicted molar refractivity (Wildman–Crippen MR) is 60.0 cm³/mol. The molecule has 2 rings (SSSR count). The van der Waals surface area contributed by atoms with Crippen LogP contribution >= 0.6 is 0 Å². The third-order valence-corrected chi connectivity index (χ3v) is 1.92. The standard InChI is InChI=1S/C11H10N4O/c16-11(10-4-2-1-3-5-10)14-13-9-15-7-6-12-8-15/h1-9H,(H,14,16)/b13-9-. The number of hydrogen-bond donors (Lipinski definition) is 1. The van der Waals surface area contributed by atoms with E-state index in [0.717, 1.165) is 0 Å². The smallest absolute Gasteiger partial charge is 0.271 e. The van der Waals surface area contributed by atoms with Gasteiger partial charge in [-0.25, -0.2) is 10.4 Å². The van der Waals surface area contributed by atoms with Crippen LogP contribution in [0.15, 0.2) is 54.2 Å². The zero-order chi connectivity index (χ0) is 11.2. The number of carbonyl (C=O) groups is 1. The average molecular weight is 214 g/mol. The van der Waals surface area contributed by atoms with Crippen LogP contribution in [0.3, 0.4) is 0 Å². The zero-order valence-electron chi connectivity index (χ0n) is 8.45. The minimum absolute atomic E-state index is 0.239. The molecule has 0 atom stereocenters. The highest BCUT2D eigenvalue weighted by molar-refractivity contribution is 5.94. The largest absolute Gasteiger partial charge is 0.295 e. The number of aromatic nitrogens is 2. The van der Waals surface area contributed by atoms with Crippen molar-refractivity contribution in [3.63, 3.8) is 0 Å². The van der Waals surface area contributed by atoms with E-state index in [1.165, 1.54) is 6.34 Å². The highest BCUT2D eigenvalue weighted by atomic mass is 16.2. The summed E-state index contributed by atoms with van der Waals surface area (Å²) in [5.41, 5.74) is 2.99. The number of benzene rings is 1. The lowest BCUT2D eigenvalue weighted by atomic mass is 10.2. The van der Waals surface area contributed by atoms with E-state index in [1.807, 2.05) is 6.07 Å². The topological polar surface area (TPSA) is 59.3 Å². The molecule has 0 aliphatic carbocycles. The summed E-state index contributed by atoms with van der Waals surface area (Å²) in [6, 6.07) is 8.90.